The smallest absolute Gasteiger partial charge is 0.218 e. The Morgan fingerprint density at radius 1 is 1.17 bits per heavy atom. The van der Waals surface area contributed by atoms with Crippen LogP contribution in [-0.2, 0) is 20.5 Å². The van der Waals surface area contributed by atoms with Crippen molar-refractivity contribution in [3.63, 3.8) is 0 Å². The van der Waals surface area contributed by atoms with E-state index in [1.54, 1.807) is 17.6 Å². The highest BCUT2D eigenvalue weighted by molar-refractivity contribution is 7.88. The van der Waals surface area contributed by atoms with Crippen molar-refractivity contribution in [3.05, 3.63) is 59.9 Å². The molecule has 7 nitrogen and oxygen atoms in total. The summed E-state index contributed by atoms with van der Waals surface area (Å²) in [5.41, 5.74) is 1.53. The molecule has 29 heavy (non-hydrogen) atoms. The first kappa shape index (κ1) is 20.3. The van der Waals surface area contributed by atoms with Gasteiger partial charge in [-0.05, 0) is 42.7 Å². The van der Waals surface area contributed by atoms with E-state index in [1.807, 2.05) is 42.5 Å². The Kier molecular flexibility index (Phi) is 6.15. The number of nitrogens with one attached hydrogen (secondary N) is 1. The number of aromatic nitrogens is 1. The van der Waals surface area contributed by atoms with Gasteiger partial charge in [0.1, 0.15) is 18.0 Å². The minimum Gasteiger partial charge on any atom is -0.486 e. The van der Waals surface area contributed by atoms with Gasteiger partial charge in [0.25, 0.3) is 0 Å². The molecule has 0 aliphatic carbocycles. The normalized spacial score (nSPS) is 25.3. The molecule has 3 unspecified atom stereocenters. The van der Waals surface area contributed by atoms with E-state index in [0.717, 1.165) is 25.1 Å². The van der Waals surface area contributed by atoms with E-state index in [2.05, 4.69) is 10.3 Å². The highest BCUT2D eigenvalue weighted by Gasteiger charge is 2.36. The Morgan fingerprint density at radius 3 is 2.83 bits per heavy atom. The van der Waals surface area contributed by atoms with Gasteiger partial charge in [0.05, 0.1) is 17.5 Å². The van der Waals surface area contributed by atoms with Gasteiger partial charge in [-0.1, -0.05) is 18.2 Å². The molecule has 2 aliphatic heterocycles. The van der Waals surface area contributed by atoms with Crippen LogP contribution in [0.2, 0.25) is 0 Å². The first-order valence-electron chi connectivity index (χ1n) is 9.96. The van der Waals surface area contributed by atoms with Crippen LogP contribution in [0.25, 0.3) is 0 Å². The number of sulfonamides is 1. The highest BCUT2D eigenvalue weighted by atomic mass is 32.2. The van der Waals surface area contributed by atoms with Crippen molar-refractivity contribution >= 4 is 10.0 Å². The molecule has 3 heterocycles. The summed E-state index contributed by atoms with van der Waals surface area (Å²) < 4.78 is 39.4. The average Bonchev–Trinajstić information content (AvgIpc) is 3.38. The number of nitrogens with zero attached hydrogens (tertiary/aromatic N) is 2. The molecule has 2 saturated heterocycles. The Morgan fingerprint density at radius 2 is 2.03 bits per heavy atom. The molecule has 0 spiro atoms. The zero-order valence-corrected chi connectivity index (χ0v) is 17.3. The van der Waals surface area contributed by atoms with Crippen molar-refractivity contribution in [2.24, 2.45) is 0 Å². The molecule has 0 amide bonds. The molecule has 156 valence electrons. The third-order valence-corrected chi connectivity index (χ3v) is 7.38. The average molecular weight is 418 g/mol. The summed E-state index contributed by atoms with van der Waals surface area (Å²) in [4.78, 5) is 4.37. The molecule has 8 heteroatoms. The van der Waals surface area contributed by atoms with E-state index in [-0.39, 0.29) is 24.0 Å². The van der Waals surface area contributed by atoms with E-state index in [0.29, 0.717) is 24.4 Å². The fourth-order valence-electron chi connectivity index (χ4n) is 4.10. The van der Waals surface area contributed by atoms with Crippen molar-refractivity contribution in [3.8, 4) is 5.75 Å². The second-order valence-corrected chi connectivity index (χ2v) is 9.44. The molecule has 3 atom stereocenters. The maximum absolute atomic E-state index is 13.2. The standard InChI is InChI=1S/C21H27N3O4S/c1-27-20-13-22-14-21(20)28-17-7-4-6-16(12-17)15-29(25,26)24-11-5-9-19(24)18-8-2-3-10-23-18/h2-4,6-8,10,12,19-22H,5,9,11,13-15H2,1H3. The fourth-order valence-corrected chi connectivity index (χ4v) is 5.88. The van der Waals surface area contributed by atoms with Crippen LogP contribution in [0.4, 0.5) is 0 Å². The van der Waals surface area contributed by atoms with Gasteiger partial charge in [0.15, 0.2) is 0 Å². The number of ether oxygens (including phenoxy) is 2. The highest BCUT2D eigenvalue weighted by Crippen LogP contribution is 2.34. The van der Waals surface area contributed by atoms with Gasteiger partial charge in [-0.3, -0.25) is 4.98 Å². The summed E-state index contributed by atoms with van der Waals surface area (Å²) in [6, 6.07) is 12.8. The lowest BCUT2D eigenvalue weighted by molar-refractivity contribution is 0.0346. The molecule has 0 bridgehead atoms. The van der Waals surface area contributed by atoms with Gasteiger partial charge in [-0.15, -0.1) is 0 Å². The van der Waals surface area contributed by atoms with E-state index in [9.17, 15) is 8.42 Å². The lowest BCUT2D eigenvalue weighted by Crippen LogP contribution is -2.32. The molecule has 1 aromatic carbocycles. The van der Waals surface area contributed by atoms with E-state index >= 15 is 0 Å². The first-order chi connectivity index (χ1) is 14.1. The van der Waals surface area contributed by atoms with Crippen molar-refractivity contribution < 1.29 is 17.9 Å². The van der Waals surface area contributed by atoms with Gasteiger partial charge in [0, 0.05) is 32.9 Å². The molecule has 0 radical (unpaired) electrons. The third-order valence-electron chi connectivity index (χ3n) is 5.53. The monoisotopic (exact) mass is 417 g/mol. The van der Waals surface area contributed by atoms with E-state index < -0.39 is 10.0 Å². The molecule has 2 aromatic rings. The fraction of sp³-hybridized carbons (Fsp3) is 0.476. The van der Waals surface area contributed by atoms with Crippen molar-refractivity contribution in [2.45, 2.75) is 36.8 Å². The Hall–Kier alpha value is -2.00. The van der Waals surface area contributed by atoms with Gasteiger partial charge < -0.3 is 14.8 Å². The molecule has 1 aromatic heterocycles. The second kappa shape index (κ2) is 8.79. The molecule has 0 saturated carbocycles. The second-order valence-electron chi connectivity index (χ2n) is 7.52. The number of methoxy groups -OCH3 is 1. The van der Waals surface area contributed by atoms with Crippen LogP contribution in [0.3, 0.4) is 0 Å². The number of benzene rings is 1. The Labute approximate surface area is 172 Å². The van der Waals surface area contributed by atoms with Crippen LogP contribution < -0.4 is 10.1 Å². The van der Waals surface area contributed by atoms with Crippen LogP contribution in [0, 0.1) is 0 Å². The SMILES string of the molecule is COC1CNCC1Oc1cccc(CS(=O)(=O)N2CCCC2c2ccccn2)c1. The first-order valence-corrected chi connectivity index (χ1v) is 11.6. The summed E-state index contributed by atoms with van der Waals surface area (Å²) in [6.07, 6.45) is 3.26. The number of hydrogen-bond donors (Lipinski definition) is 1. The summed E-state index contributed by atoms with van der Waals surface area (Å²) in [5.74, 6) is 0.612. The van der Waals surface area contributed by atoms with E-state index in [4.69, 9.17) is 9.47 Å². The molecule has 2 fully saturated rings. The van der Waals surface area contributed by atoms with Gasteiger partial charge >= 0.3 is 0 Å². The van der Waals surface area contributed by atoms with Crippen LogP contribution in [0.1, 0.15) is 30.1 Å². The topological polar surface area (TPSA) is 80.8 Å². The van der Waals surface area contributed by atoms with Crippen molar-refractivity contribution in [1.82, 2.24) is 14.6 Å². The van der Waals surface area contributed by atoms with Crippen LogP contribution in [-0.4, -0.2) is 56.7 Å². The van der Waals surface area contributed by atoms with Crippen LogP contribution in [0.15, 0.2) is 48.7 Å². The number of hydrogen-bond acceptors (Lipinski definition) is 6. The largest absolute Gasteiger partial charge is 0.486 e. The third kappa shape index (κ3) is 4.61. The van der Waals surface area contributed by atoms with Crippen LogP contribution in [0.5, 0.6) is 5.75 Å². The minimum atomic E-state index is -3.47. The lowest BCUT2D eigenvalue weighted by Gasteiger charge is -2.24. The molecular weight excluding hydrogens is 390 g/mol. The molecule has 1 N–H and O–H groups in total. The Balaban J connectivity index is 1.48. The van der Waals surface area contributed by atoms with Gasteiger partial charge in [-0.2, -0.15) is 4.31 Å². The predicted octanol–water partition coefficient (Wildman–Crippen LogP) is 2.11. The van der Waals surface area contributed by atoms with Crippen molar-refractivity contribution in [2.75, 3.05) is 26.7 Å². The zero-order chi connectivity index (χ0) is 20.3. The van der Waals surface area contributed by atoms with Gasteiger partial charge in [0.2, 0.25) is 10.0 Å². The summed E-state index contributed by atoms with van der Waals surface area (Å²) >= 11 is 0. The summed E-state index contributed by atoms with van der Waals surface area (Å²) in [7, 11) is -1.80. The zero-order valence-electron chi connectivity index (χ0n) is 16.5. The molecule has 4 rings (SSSR count). The predicted molar refractivity (Wildman–Crippen MR) is 110 cm³/mol. The van der Waals surface area contributed by atoms with Crippen molar-refractivity contribution in [1.29, 1.82) is 0 Å². The number of rotatable bonds is 7. The lowest BCUT2D eigenvalue weighted by atomic mass is 10.1. The van der Waals surface area contributed by atoms with Gasteiger partial charge in [-0.25, -0.2) is 8.42 Å². The van der Waals surface area contributed by atoms with Crippen LogP contribution >= 0.6 is 0 Å². The maximum Gasteiger partial charge on any atom is 0.218 e. The molecule has 2 aliphatic rings. The molecular formula is C21H27N3O4S. The summed E-state index contributed by atoms with van der Waals surface area (Å²) in [6.45, 7) is 1.99. The Bertz CT molecular complexity index is 923. The number of pyridine rings is 1. The quantitative estimate of drug-likeness (QED) is 0.743. The minimum absolute atomic E-state index is 0.00822. The maximum atomic E-state index is 13.2. The van der Waals surface area contributed by atoms with E-state index in [1.165, 1.54) is 0 Å². The summed E-state index contributed by atoms with van der Waals surface area (Å²) in [5, 5.41) is 3.25.